The fraction of sp³-hybridized carbons (Fsp3) is 0.240. The van der Waals surface area contributed by atoms with Gasteiger partial charge in [0.1, 0.15) is 18.1 Å². The summed E-state index contributed by atoms with van der Waals surface area (Å²) in [5.41, 5.74) is 2.12. The molecule has 1 heterocycles. The Bertz CT molecular complexity index is 1210. The van der Waals surface area contributed by atoms with E-state index in [0.29, 0.717) is 17.0 Å². The molecule has 33 heavy (non-hydrogen) atoms. The van der Waals surface area contributed by atoms with Gasteiger partial charge in [0, 0.05) is 0 Å². The van der Waals surface area contributed by atoms with Crippen LogP contribution in [-0.2, 0) is 20.6 Å². The summed E-state index contributed by atoms with van der Waals surface area (Å²) in [6, 6.07) is 23.4. The summed E-state index contributed by atoms with van der Waals surface area (Å²) >= 11 is 0. The minimum atomic E-state index is -3.73. The van der Waals surface area contributed by atoms with Crippen molar-refractivity contribution in [2.24, 2.45) is 0 Å². The normalized spacial score (nSPS) is 15.3. The third-order valence-electron chi connectivity index (χ3n) is 5.31. The van der Waals surface area contributed by atoms with E-state index in [9.17, 15) is 13.2 Å². The van der Waals surface area contributed by atoms with Gasteiger partial charge in [-0.1, -0.05) is 60.7 Å². The lowest BCUT2D eigenvalue weighted by Gasteiger charge is -2.34. The number of rotatable bonds is 8. The molecule has 1 aliphatic rings. The van der Waals surface area contributed by atoms with Crippen molar-refractivity contribution in [1.29, 1.82) is 0 Å². The van der Waals surface area contributed by atoms with Crippen LogP contribution in [0, 0.1) is 6.92 Å². The Hall–Kier alpha value is -3.52. The van der Waals surface area contributed by atoms with Crippen LogP contribution in [-0.4, -0.2) is 40.1 Å². The van der Waals surface area contributed by atoms with Crippen molar-refractivity contribution in [2.45, 2.75) is 18.8 Å². The Morgan fingerprint density at radius 3 is 2.52 bits per heavy atom. The van der Waals surface area contributed by atoms with Gasteiger partial charge in [0.25, 0.3) is 5.91 Å². The first-order chi connectivity index (χ1) is 15.9. The summed E-state index contributed by atoms with van der Waals surface area (Å²) in [6.45, 7) is 2.41. The van der Waals surface area contributed by atoms with Crippen LogP contribution in [0.4, 0.5) is 5.69 Å². The third-order valence-corrected chi connectivity index (χ3v) is 7.02. The van der Waals surface area contributed by atoms with Gasteiger partial charge in [0.2, 0.25) is 10.0 Å². The predicted octanol–water partition coefficient (Wildman–Crippen LogP) is 3.29. The maximum absolute atomic E-state index is 13.3. The maximum Gasteiger partial charge on any atom is 0.263 e. The van der Waals surface area contributed by atoms with Crippen molar-refractivity contribution in [2.75, 3.05) is 24.0 Å². The van der Waals surface area contributed by atoms with Gasteiger partial charge in [0.05, 0.1) is 24.5 Å². The van der Waals surface area contributed by atoms with Gasteiger partial charge in [-0.2, -0.15) is 0 Å². The Balaban J connectivity index is 1.43. The van der Waals surface area contributed by atoms with Gasteiger partial charge in [-0.05, 0) is 36.2 Å². The largest absolute Gasteiger partial charge is 0.491 e. The number of carbonyl (C=O) groups excluding carboxylic acids is 1. The van der Waals surface area contributed by atoms with E-state index >= 15 is 0 Å². The van der Waals surface area contributed by atoms with Gasteiger partial charge in [-0.25, -0.2) is 8.42 Å². The third kappa shape index (κ3) is 5.46. The van der Waals surface area contributed by atoms with E-state index in [1.165, 1.54) is 4.31 Å². The number of carbonyl (C=O) groups is 1. The number of ether oxygens (including phenoxy) is 2. The minimum Gasteiger partial charge on any atom is -0.491 e. The quantitative estimate of drug-likeness (QED) is 0.515. The molecule has 0 saturated carbocycles. The highest BCUT2D eigenvalue weighted by atomic mass is 32.2. The van der Waals surface area contributed by atoms with E-state index in [1.807, 2.05) is 37.3 Å². The molecular formula is C25H26N2O5S. The number of hydrogen-bond acceptors (Lipinski definition) is 5. The van der Waals surface area contributed by atoms with Crippen LogP contribution in [0.2, 0.25) is 0 Å². The average Bonchev–Trinajstić information content (AvgIpc) is 2.82. The highest BCUT2D eigenvalue weighted by Gasteiger charge is 2.36. The van der Waals surface area contributed by atoms with Crippen molar-refractivity contribution in [3.05, 3.63) is 90.0 Å². The van der Waals surface area contributed by atoms with E-state index in [-0.39, 0.29) is 25.4 Å². The zero-order valence-corrected chi connectivity index (χ0v) is 19.1. The second-order valence-electron chi connectivity index (χ2n) is 7.75. The number of aryl methyl sites for hydroxylation is 1. The summed E-state index contributed by atoms with van der Waals surface area (Å²) in [5, 5.41) is 2.78. The number of nitrogens with zero attached hydrogens (tertiary/aromatic N) is 1. The van der Waals surface area contributed by atoms with Crippen molar-refractivity contribution >= 4 is 21.6 Å². The molecule has 1 N–H and O–H groups in total. The van der Waals surface area contributed by atoms with E-state index in [1.54, 1.807) is 48.5 Å². The van der Waals surface area contributed by atoms with Crippen molar-refractivity contribution in [3.8, 4) is 11.5 Å². The fourth-order valence-corrected chi connectivity index (χ4v) is 5.21. The summed E-state index contributed by atoms with van der Waals surface area (Å²) in [7, 11) is -3.73. The predicted molar refractivity (Wildman–Crippen MR) is 127 cm³/mol. The summed E-state index contributed by atoms with van der Waals surface area (Å²) in [6.07, 6.45) is -0.969. The lowest BCUT2D eigenvalue weighted by atomic mass is 10.2. The van der Waals surface area contributed by atoms with Crippen LogP contribution in [0.3, 0.4) is 0 Å². The van der Waals surface area contributed by atoms with Crippen molar-refractivity contribution < 1.29 is 22.7 Å². The first-order valence-corrected chi connectivity index (χ1v) is 12.3. The lowest BCUT2D eigenvalue weighted by Crippen LogP contribution is -2.51. The molecular weight excluding hydrogens is 440 g/mol. The number of nitrogens with one attached hydrogen (secondary N) is 1. The molecule has 0 bridgehead atoms. The molecule has 3 aromatic rings. The monoisotopic (exact) mass is 466 g/mol. The molecule has 1 amide bonds. The molecule has 0 spiro atoms. The topological polar surface area (TPSA) is 84.9 Å². The number of sulfonamides is 1. The number of anilines is 1. The standard InChI is InChI=1S/C25H26N2O5S/c1-19-9-5-7-13-22(19)31-16-15-26-25(28)24-17-27(21-12-6-8-14-23(21)32-24)33(29,30)18-20-10-3-2-4-11-20/h2-14,24H,15-18H2,1H3,(H,26,28). The van der Waals surface area contributed by atoms with Gasteiger partial charge in [-0.15, -0.1) is 0 Å². The highest BCUT2D eigenvalue weighted by molar-refractivity contribution is 7.92. The molecule has 1 atom stereocenters. The van der Waals surface area contributed by atoms with E-state index in [2.05, 4.69) is 5.32 Å². The molecule has 4 rings (SSSR count). The molecule has 8 heteroatoms. The molecule has 3 aromatic carbocycles. The van der Waals surface area contributed by atoms with Crippen LogP contribution in [0.25, 0.3) is 0 Å². The Morgan fingerprint density at radius 1 is 1.03 bits per heavy atom. The summed E-state index contributed by atoms with van der Waals surface area (Å²) in [5.74, 6) is 0.558. The van der Waals surface area contributed by atoms with Gasteiger partial charge in [-0.3, -0.25) is 9.10 Å². The van der Waals surface area contributed by atoms with Crippen LogP contribution < -0.4 is 19.1 Å². The average molecular weight is 467 g/mol. The highest BCUT2D eigenvalue weighted by Crippen LogP contribution is 2.35. The first-order valence-electron chi connectivity index (χ1n) is 10.7. The van der Waals surface area contributed by atoms with Crippen molar-refractivity contribution in [3.63, 3.8) is 0 Å². The Labute approximate surface area is 194 Å². The molecule has 0 aliphatic carbocycles. The lowest BCUT2D eigenvalue weighted by molar-refractivity contribution is -0.127. The fourth-order valence-electron chi connectivity index (χ4n) is 3.63. The van der Waals surface area contributed by atoms with Gasteiger partial charge < -0.3 is 14.8 Å². The molecule has 1 aliphatic heterocycles. The van der Waals surface area contributed by atoms with Gasteiger partial charge >= 0.3 is 0 Å². The smallest absolute Gasteiger partial charge is 0.263 e. The van der Waals surface area contributed by atoms with E-state index in [0.717, 1.165) is 11.3 Å². The second-order valence-corrected chi connectivity index (χ2v) is 9.65. The zero-order chi connectivity index (χ0) is 23.3. The van der Waals surface area contributed by atoms with Gasteiger partial charge in [0.15, 0.2) is 6.10 Å². The van der Waals surface area contributed by atoms with Crippen molar-refractivity contribution in [1.82, 2.24) is 5.32 Å². The molecule has 0 aromatic heterocycles. The zero-order valence-electron chi connectivity index (χ0n) is 18.3. The number of hydrogen-bond donors (Lipinski definition) is 1. The van der Waals surface area contributed by atoms with Crippen LogP contribution >= 0.6 is 0 Å². The Kier molecular flexibility index (Phi) is 6.84. The number of amides is 1. The molecule has 7 nitrogen and oxygen atoms in total. The molecule has 172 valence electrons. The van der Waals surface area contributed by atoms with E-state index < -0.39 is 22.0 Å². The van der Waals surface area contributed by atoms with Crippen LogP contribution in [0.5, 0.6) is 11.5 Å². The van der Waals surface area contributed by atoms with Crippen LogP contribution in [0.15, 0.2) is 78.9 Å². The maximum atomic E-state index is 13.3. The number of benzene rings is 3. The summed E-state index contributed by atoms with van der Waals surface area (Å²) < 4.78 is 39.3. The minimum absolute atomic E-state index is 0.101. The molecule has 0 fully saturated rings. The first kappa shape index (κ1) is 22.7. The summed E-state index contributed by atoms with van der Waals surface area (Å²) in [4.78, 5) is 12.8. The van der Waals surface area contributed by atoms with Crippen LogP contribution in [0.1, 0.15) is 11.1 Å². The SMILES string of the molecule is Cc1ccccc1OCCNC(=O)C1CN(S(=O)(=O)Cc2ccccc2)c2ccccc2O1. The molecule has 0 saturated heterocycles. The molecule has 1 unspecified atom stereocenters. The number of fused-ring (bicyclic) bond motifs is 1. The number of para-hydroxylation sites is 3. The van der Waals surface area contributed by atoms with E-state index in [4.69, 9.17) is 9.47 Å². The molecule has 0 radical (unpaired) electrons. The second kappa shape index (κ2) is 9.95. The Morgan fingerprint density at radius 2 is 1.73 bits per heavy atom.